The van der Waals surface area contributed by atoms with Gasteiger partial charge in [-0.1, -0.05) is 6.07 Å². The molecule has 0 saturated carbocycles. The molecule has 2 aliphatic carbocycles. The number of fused-ring (bicyclic) bond motifs is 1. The molecule has 0 bridgehead atoms. The normalized spacial score (nSPS) is 11.4. The van der Waals surface area contributed by atoms with Gasteiger partial charge in [0.25, 0.3) is 0 Å². The smallest absolute Gasteiger partial charge is 0.0635 e. The Balaban J connectivity index is 1.84. The SMILES string of the molecule is COCCNc1ccc2cc1-2. The van der Waals surface area contributed by atoms with Gasteiger partial charge >= 0.3 is 0 Å². The van der Waals surface area contributed by atoms with E-state index >= 15 is 0 Å². The van der Waals surface area contributed by atoms with E-state index in [-0.39, 0.29) is 0 Å². The Hall–Kier alpha value is -1.02. The van der Waals surface area contributed by atoms with Crippen molar-refractivity contribution in [3.63, 3.8) is 0 Å². The molecule has 0 radical (unpaired) electrons. The zero-order valence-electron chi connectivity index (χ0n) is 6.55. The molecule has 0 unspecified atom stereocenters. The molecule has 0 aromatic carbocycles. The Morgan fingerprint density at radius 1 is 1.45 bits per heavy atom. The summed E-state index contributed by atoms with van der Waals surface area (Å²) in [5.74, 6) is 0. The monoisotopic (exact) mass is 149 g/mol. The largest absolute Gasteiger partial charge is 0.383 e. The average molecular weight is 149 g/mol. The van der Waals surface area contributed by atoms with Gasteiger partial charge in [0.2, 0.25) is 0 Å². The molecule has 0 amide bonds. The summed E-state index contributed by atoms with van der Waals surface area (Å²) in [6.07, 6.45) is 0. The Morgan fingerprint density at radius 3 is 2.91 bits per heavy atom. The fourth-order valence-corrected chi connectivity index (χ4v) is 1.20. The molecule has 0 aromatic rings. The number of methoxy groups -OCH3 is 1. The zero-order chi connectivity index (χ0) is 7.68. The lowest BCUT2D eigenvalue weighted by Gasteiger charge is -2.01. The molecule has 0 aromatic heterocycles. The van der Waals surface area contributed by atoms with E-state index in [4.69, 9.17) is 4.74 Å². The lowest BCUT2D eigenvalue weighted by molar-refractivity contribution is 0.211. The highest BCUT2D eigenvalue weighted by Gasteiger charge is 2.15. The second-order valence-corrected chi connectivity index (χ2v) is 2.68. The third-order valence-electron chi connectivity index (χ3n) is 1.87. The van der Waals surface area contributed by atoms with E-state index in [1.807, 2.05) is 0 Å². The van der Waals surface area contributed by atoms with Gasteiger partial charge in [-0.15, -0.1) is 0 Å². The van der Waals surface area contributed by atoms with Gasteiger partial charge in [-0.2, -0.15) is 0 Å². The molecule has 58 valence electrons. The molecule has 2 rings (SSSR count). The molecule has 2 heteroatoms. The van der Waals surface area contributed by atoms with Crippen LogP contribution in [-0.2, 0) is 4.74 Å². The average Bonchev–Trinajstić information content (AvgIpc) is 2.70. The van der Waals surface area contributed by atoms with Crippen molar-refractivity contribution >= 4 is 5.69 Å². The van der Waals surface area contributed by atoms with E-state index in [1.54, 1.807) is 7.11 Å². The molecule has 0 saturated heterocycles. The molecule has 11 heavy (non-hydrogen) atoms. The Bertz CT molecular complexity index is 270. The molecule has 2 nitrogen and oxygen atoms in total. The third-order valence-corrected chi connectivity index (χ3v) is 1.87. The van der Waals surface area contributed by atoms with Crippen LogP contribution in [0.15, 0.2) is 18.2 Å². The minimum atomic E-state index is 0.764. The molecular formula is C9H11NO. The van der Waals surface area contributed by atoms with E-state index in [1.165, 1.54) is 16.8 Å². The van der Waals surface area contributed by atoms with Crippen molar-refractivity contribution in [1.29, 1.82) is 0 Å². The van der Waals surface area contributed by atoms with Crippen molar-refractivity contribution < 1.29 is 4.74 Å². The highest BCUT2D eigenvalue weighted by Crippen LogP contribution is 2.41. The lowest BCUT2D eigenvalue weighted by atomic mass is 10.4. The van der Waals surface area contributed by atoms with Crippen molar-refractivity contribution in [3.05, 3.63) is 18.2 Å². The van der Waals surface area contributed by atoms with Crippen LogP contribution < -0.4 is 5.32 Å². The highest BCUT2D eigenvalue weighted by atomic mass is 16.5. The Morgan fingerprint density at radius 2 is 2.36 bits per heavy atom. The first-order chi connectivity index (χ1) is 5.42. The van der Waals surface area contributed by atoms with Crippen molar-refractivity contribution in [3.8, 4) is 11.1 Å². The van der Waals surface area contributed by atoms with E-state index in [0.717, 1.165) is 13.2 Å². The van der Waals surface area contributed by atoms with Crippen LogP contribution in [0.3, 0.4) is 0 Å². The molecular weight excluding hydrogens is 138 g/mol. The van der Waals surface area contributed by atoms with Crippen LogP contribution in [0.5, 0.6) is 0 Å². The summed E-state index contributed by atoms with van der Waals surface area (Å²) in [5.41, 5.74) is 4.00. The summed E-state index contributed by atoms with van der Waals surface area (Å²) >= 11 is 0. The summed E-state index contributed by atoms with van der Waals surface area (Å²) < 4.78 is 4.92. The first-order valence-corrected chi connectivity index (χ1v) is 3.79. The number of ether oxygens (including phenoxy) is 1. The predicted octanol–water partition coefficient (Wildman–Crippen LogP) is 1.73. The number of rotatable bonds is 4. The first-order valence-electron chi connectivity index (χ1n) is 3.79. The van der Waals surface area contributed by atoms with Gasteiger partial charge in [0.05, 0.1) is 6.61 Å². The lowest BCUT2D eigenvalue weighted by Crippen LogP contribution is -2.06. The van der Waals surface area contributed by atoms with Gasteiger partial charge in [-0.05, 0) is 17.7 Å². The Labute approximate surface area is 66.2 Å². The number of hydrogen-bond acceptors (Lipinski definition) is 2. The summed E-state index contributed by atoms with van der Waals surface area (Å²) in [7, 11) is 1.71. The summed E-state index contributed by atoms with van der Waals surface area (Å²) in [6.45, 7) is 1.65. The van der Waals surface area contributed by atoms with E-state index < -0.39 is 0 Å². The van der Waals surface area contributed by atoms with Crippen molar-refractivity contribution in [2.75, 3.05) is 25.6 Å². The second-order valence-electron chi connectivity index (χ2n) is 2.68. The second kappa shape index (κ2) is 2.55. The van der Waals surface area contributed by atoms with Crippen molar-refractivity contribution in [2.45, 2.75) is 0 Å². The Kier molecular flexibility index (Phi) is 1.55. The van der Waals surface area contributed by atoms with Gasteiger partial charge in [-0.25, -0.2) is 0 Å². The van der Waals surface area contributed by atoms with Gasteiger partial charge in [0, 0.05) is 24.9 Å². The van der Waals surface area contributed by atoms with Crippen LogP contribution in [0.4, 0.5) is 5.69 Å². The standard InChI is InChI=1S/C9H11NO/c1-11-5-4-10-9-3-2-7-6-8(7)9/h2-3,6,10H,4-5H2,1H3. The van der Waals surface area contributed by atoms with Crippen molar-refractivity contribution in [1.82, 2.24) is 0 Å². The van der Waals surface area contributed by atoms with Crippen LogP contribution >= 0.6 is 0 Å². The summed E-state index contributed by atoms with van der Waals surface area (Å²) in [5, 5.41) is 3.29. The fraction of sp³-hybridized carbons (Fsp3) is 0.333. The molecule has 1 N–H and O–H groups in total. The van der Waals surface area contributed by atoms with Crippen LogP contribution in [0.25, 0.3) is 11.1 Å². The molecule has 2 aliphatic rings. The minimum absolute atomic E-state index is 0.764. The summed E-state index contributed by atoms with van der Waals surface area (Å²) in [4.78, 5) is 0. The van der Waals surface area contributed by atoms with Crippen LogP contribution in [0.2, 0.25) is 0 Å². The van der Waals surface area contributed by atoms with Gasteiger partial charge in [-0.3, -0.25) is 0 Å². The maximum Gasteiger partial charge on any atom is 0.0635 e. The number of nitrogens with one attached hydrogen (secondary N) is 1. The number of anilines is 1. The van der Waals surface area contributed by atoms with E-state index in [2.05, 4.69) is 23.5 Å². The maximum atomic E-state index is 4.92. The zero-order valence-corrected chi connectivity index (χ0v) is 6.55. The number of hydrogen-bond donors (Lipinski definition) is 1. The molecule has 0 atom stereocenters. The minimum Gasteiger partial charge on any atom is -0.383 e. The molecule has 0 fully saturated rings. The van der Waals surface area contributed by atoms with Crippen LogP contribution in [-0.4, -0.2) is 20.3 Å². The summed E-state index contributed by atoms with van der Waals surface area (Å²) in [6, 6.07) is 6.42. The van der Waals surface area contributed by atoms with Gasteiger partial charge < -0.3 is 10.1 Å². The number of benzene rings is 1. The molecule has 0 aliphatic heterocycles. The van der Waals surface area contributed by atoms with E-state index in [0.29, 0.717) is 0 Å². The van der Waals surface area contributed by atoms with Crippen LogP contribution in [0.1, 0.15) is 0 Å². The first kappa shape index (κ1) is 6.68. The topological polar surface area (TPSA) is 21.3 Å². The van der Waals surface area contributed by atoms with Gasteiger partial charge in [0.1, 0.15) is 0 Å². The molecule has 0 heterocycles. The van der Waals surface area contributed by atoms with Crippen LogP contribution in [0, 0.1) is 0 Å². The highest BCUT2D eigenvalue weighted by molar-refractivity contribution is 5.93. The fourth-order valence-electron chi connectivity index (χ4n) is 1.20. The van der Waals surface area contributed by atoms with E-state index in [9.17, 15) is 0 Å². The molecule has 0 spiro atoms. The maximum absolute atomic E-state index is 4.92. The predicted molar refractivity (Wildman–Crippen MR) is 45.8 cm³/mol. The van der Waals surface area contributed by atoms with Gasteiger partial charge in [0.15, 0.2) is 0 Å². The quantitative estimate of drug-likeness (QED) is 0.668. The van der Waals surface area contributed by atoms with Crippen molar-refractivity contribution in [2.24, 2.45) is 0 Å². The third kappa shape index (κ3) is 1.21.